The number of esters is 3. The Morgan fingerprint density at radius 2 is 0.480 bits per heavy atom. The van der Waals surface area contributed by atoms with E-state index in [1.54, 1.807) is 0 Å². The van der Waals surface area contributed by atoms with Crippen LogP contribution in [0.5, 0.6) is 0 Å². The largest absolute Gasteiger partial charge is 0.462 e. The maximum absolute atomic E-state index is 12.9. The predicted octanol–water partition coefficient (Wildman–Crippen LogP) is 22.3. The van der Waals surface area contributed by atoms with Crippen LogP contribution in [-0.4, -0.2) is 37.2 Å². The second kappa shape index (κ2) is 63.6. The smallest absolute Gasteiger partial charge is 0.306 e. The lowest BCUT2D eigenvalue weighted by Gasteiger charge is -2.18. The highest BCUT2D eigenvalue weighted by molar-refractivity contribution is 5.71. The molecule has 0 aliphatic carbocycles. The molecule has 0 spiro atoms. The highest BCUT2D eigenvalue weighted by atomic mass is 16.6. The van der Waals surface area contributed by atoms with Crippen molar-refractivity contribution < 1.29 is 28.6 Å². The van der Waals surface area contributed by atoms with E-state index in [-0.39, 0.29) is 31.1 Å². The minimum absolute atomic E-state index is 0.0762. The Morgan fingerprint density at radius 3 is 0.760 bits per heavy atom. The van der Waals surface area contributed by atoms with Gasteiger partial charge in [-0.3, -0.25) is 14.4 Å². The van der Waals surface area contributed by atoms with Crippen molar-refractivity contribution in [3.63, 3.8) is 0 Å². The third kappa shape index (κ3) is 61.8. The number of ether oxygens (including phenoxy) is 3. The van der Waals surface area contributed by atoms with Gasteiger partial charge >= 0.3 is 17.9 Å². The number of unbranched alkanes of at least 4 members (excludes halogenated alkanes) is 39. The summed E-state index contributed by atoms with van der Waals surface area (Å²) < 4.78 is 16.9. The molecule has 0 rings (SSSR count). The van der Waals surface area contributed by atoms with Crippen LogP contribution in [0.25, 0.3) is 0 Å². The van der Waals surface area contributed by atoms with Gasteiger partial charge in [-0.05, 0) is 89.9 Å². The molecule has 0 aromatic heterocycles. The van der Waals surface area contributed by atoms with Gasteiger partial charge in [-0.1, -0.05) is 293 Å². The second-order valence-electron chi connectivity index (χ2n) is 22.0. The van der Waals surface area contributed by atoms with E-state index in [2.05, 4.69) is 81.5 Å². The molecule has 0 heterocycles. The molecular formula is C69H124O6. The fraction of sp³-hybridized carbons (Fsp3) is 0.812. The molecule has 0 saturated carbocycles. The van der Waals surface area contributed by atoms with E-state index in [0.717, 1.165) is 96.3 Å². The minimum atomic E-state index is -0.780. The molecular weight excluding hydrogens is 925 g/mol. The molecule has 0 aromatic rings. The highest BCUT2D eigenvalue weighted by Crippen LogP contribution is 2.17. The zero-order valence-electron chi connectivity index (χ0n) is 50.1. The number of hydrogen-bond donors (Lipinski definition) is 0. The lowest BCUT2D eigenvalue weighted by Crippen LogP contribution is -2.30. The Morgan fingerprint density at radius 1 is 0.267 bits per heavy atom. The van der Waals surface area contributed by atoms with E-state index in [1.165, 1.54) is 205 Å². The Hall–Kier alpha value is -2.89. The van der Waals surface area contributed by atoms with Crippen molar-refractivity contribution >= 4 is 17.9 Å². The van der Waals surface area contributed by atoms with Crippen LogP contribution < -0.4 is 0 Å². The number of allylic oxidation sites excluding steroid dienone is 10. The summed E-state index contributed by atoms with van der Waals surface area (Å²) >= 11 is 0. The van der Waals surface area contributed by atoms with Crippen molar-refractivity contribution in [1.29, 1.82) is 0 Å². The molecule has 0 amide bonds. The SMILES string of the molecule is CCCCCC/C=C\C/C=C\CCCCCCCC(=O)OC(COC(=O)CCCCCCCCCCCCCC)COC(=O)CCCCCCCCCCCCCCCC/C=C\C/C=C\C/C=C\CCCCCCC. The van der Waals surface area contributed by atoms with E-state index >= 15 is 0 Å². The zero-order chi connectivity index (χ0) is 54.3. The molecule has 0 bridgehead atoms. The minimum Gasteiger partial charge on any atom is -0.462 e. The fourth-order valence-electron chi connectivity index (χ4n) is 9.54. The zero-order valence-corrected chi connectivity index (χ0v) is 50.1. The van der Waals surface area contributed by atoms with Gasteiger partial charge in [0.1, 0.15) is 13.2 Å². The second-order valence-corrected chi connectivity index (χ2v) is 22.0. The summed E-state index contributed by atoms with van der Waals surface area (Å²) in [7, 11) is 0. The topological polar surface area (TPSA) is 78.9 Å². The molecule has 0 aromatic carbocycles. The van der Waals surface area contributed by atoms with Crippen molar-refractivity contribution in [2.45, 2.75) is 348 Å². The van der Waals surface area contributed by atoms with Crippen LogP contribution in [0.15, 0.2) is 60.8 Å². The van der Waals surface area contributed by atoms with Gasteiger partial charge in [0.15, 0.2) is 6.10 Å². The lowest BCUT2D eigenvalue weighted by atomic mass is 10.0. The van der Waals surface area contributed by atoms with E-state index in [9.17, 15) is 14.4 Å². The van der Waals surface area contributed by atoms with Crippen molar-refractivity contribution in [2.75, 3.05) is 13.2 Å². The van der Waals surface area contributed by atoms with Gasteiger partial charge in [0.05, 0.1) is 0 Å². The summed E-state index contributed by atoms with van der Waals surface area (Å²) in [6.45, 7) is 6.64. The van der Waals surface area contributed by atoms with Crippen LogP contribution >= 0.6 is 0 Å². The first kappa shape index (κ1) is 72.1. The van der Waals surface area contributed by atoms with Gasteiger partial charge in [-0.25, -0.2) is 0 Å². The van der Waals surface area contributed by atoms with E-state index in [0.29, 0.717) is 19.3 Å². The molecule has 0 aliphatic rings. The van der Waals surface area contributed by atoms with Gasteiger partial charge < -0.3 is 14.2 Å². The monoisotopic (exact) mass is 1050 g/mol. The molecule has 0 N–H and O–H groups in total. The van der Waals surface area contributed by atoms with Crippen LogP contribution in [0.3, 0.4) is 0 Å². The van der Waals surface area contributed by atoms with Crippen molar-refractivity contribution in [1.82, 2.24) is 0 Å². The predicted molar refractivity (Wildman–Crippen MR) is 325 cm³/mol. The van der Waals surface area contributed by atoms with Gasteiger partial charge in [-0.15, -0.1) is 0 Å². The summed E-state index contributed by atoms with van der Waals surface area (Å²) in [5.41, 5.74) is 0. The molecule has 0 aliphatic heterocycles. The van der Waals surface area contributed by atoms with Crippen molar-refractivity contribution in [3.05, 3.63) is 60.8 Å². The fourth-order valence-corrected chi connectivity index (χ4v) is 9.54. The Kier molecular flexibility index (Phi) is 61.2. The average molecular weight is 1050 g/mol. The molecule has 436 valence electrons. The number of carbonyl (C=O) groups is 3. The molecule has 0 radical (unpaired) electrons. The Labute approximate surface area is 466 Å². The summed E-state index contributed by atoms with van der Waals surface area (Å²) in [6.07, 6.45) is 80.9. The summed E-state index contributed by atoms with van der Waals surface area (Å²) in [6, 6.07) is 0. The number of hydrogen-bond acceptors (Lipinski definition) is 6. The average Bonchev–Trinajstić information content (AvgIpc) is 3.41. The van der Waals surface area contributed by atoms with E-state index in [1.807, 2.05) is 0 Å². The normalized spacial score (nSPS) is 12.4. The van der Waals surface area contributed by atoms with Gasteiger partial charge in [-0.2, -0.15) is 0 Å². The maximum Gasteiger partial charge on any atom is 0.306 e. The van der Waals surface area contributed by atoms with Gasteiger partial charge in [0.2, 0.25) is 0 Å². The Bertz CT molecular complexity index is 1340. The van der Waals surface area contributed by atoms with Gasteiger partial charge in [0, 0.05) is 19.3 Å². The first-order chi connectivity index (χ1) is 37.0. The van der Waals surface area contributed by atoms with Crippen LogP contribution in [0.4, 0.5) is 0 Å². The third-order valence-corrected chi connectivity index (χ3v) is 14.5. The van der Waals surface area contributed by atoms with Crippen LogP contribution in [0.2, 0.25) is 0 Å². The van der Waals surface area contributed by atoms with E-state index < -0.39 is 6.10 Å². The molecule has 6 nitrogen and oxygen atoms in total. The third-order valence-electron chi connectivity index (χ3n) is 14.5. The molecule has 0 fully saturated rings. The summed E-state index contributed by atoms with van der Waals surface area (Å²) in [5.74, 6) is -0.874. The van der Waals surface area contributed by atoms with Crippen molar-refractivity contribution in [3.8, 4) is 0 Å². The summed E-state index contributed by atoms with van der Waals surface area (Å²) in [4.78, 5) is 38.2. The highest BCUT2D eigenvalue weighted by Gasteiger charge is 2.19. The molecule has 1 unspecified atom stereocenters. The molecule has 1 atom stereocenters. The first-order valence-corrected chi connectivity index (χ1v) is 32.8. The molecule has 6 heteroatoms. The van der Waals surface area contributed by atoms with Crippen LogP contribution in [0, 0.1) is 0 Å². The number of rotatable bonds is 60. The van der Waals surface area contributed by atoms with Crippen LogP contribution in [0.1, 0.15) is 342 Å². The van der Waals surface area contributed by atoms with Gasteiger partial charge in [0.25, 0.3) is 0 Å². The lowest BCUT2D eigenvalue weighted by molar-refractivity contribution is -0.167. The first-order valence-electron chi connectivity index (χ1n) is 32.8. The quantitative estimate of drug-likeness (QED) is 0.0261. The summed E-state index contributed by atoms with van der Waals surface area (Å²) in [5, 5.41) is 0. The van der Waals surface area contributed by atoms with Crippen LogP contribution in [-0.2, 0) is 28.6 Å². The van der Waals surface area contributed by atoms with Crippen molar-refractivity contribution in [2.24, 2.45) is 0 Å². The number of carbonyl (C=O) groups excluding carboxylic acids is 3. The maximum atomic E-state index is 12.9. The van der Waals surface area contributed by atoms with E-state index in [4.69, 9.17) is 14.2 Å². The Balaban J connectivity index is 4.21. The molecule has 0 saturated heterocycles. The standard InChI is InChI=1S/C69H124O6/c1-4-7-10-13-16-19-22-25-27-29-30-31-32-33-34-35-36-37-38-39-40-41-43-44-47-50-53-56-59-62-68(71)74-65-66(64-73-67(70)61-58-55-52-49-46-24-21-18-15-12-9-6-3)75-69(72)63-60-57-54-51-48-45-42-28-26-23-20-17-14-11-8-5-2/h20,22-23,25,28-30,32-33,42,66H,4-19,21,24,26-27,31,34-41,43-65H2,1-3H3/b23-20-,25-22-,30-29-,33-32-,42-28-. The molecule has 75 heavy (non-hydrogen) atoms.